The maximum Gasteiger partial charge on any atom is 0.232 e. The van der Waals surface area contributed by atoms with Gasteiger partial charge in [0.05, 0.1) is 11.9 Å². The first-order valence-electron chi connectivity index (χ1n) is 5.71. The van der Waals surface area contributed by atoms with Crippen LogP contribution in [0.4, 0.5) is 5.69 Å². The minimum absolute atomic E-state index is 0.285. The zero-order chi connectivity index (χ0) is 12.6. The number of anilines is 1. The van der Waals surface area contributed by atoms with Gasteiger partial charge in [0, 0.05) is 12.6 Å². The fourth-order valence-corrected chi connectivity index (χ4v) is 3.13. The fraction of sp³-hybridized carbons (Fsp3) is 0.500. The van der Waals surface area contributed by atoms with Crippen LogP contribution in [0.15, 0.2) is 18.2 Å². The molecule has 1 aliphatic heterocycles. The van der Waals surface area contributed by atoms with Gasteiger partial charge >= 0.3 is 0 Å². The molecule has 1 atom stereocenters. The zero-order valence-electron chi connectivity index (χ0n) is 10.4. The van der Waals surface area contributed by atoms with Gasteiger partial charge < -0.3 is 5.32 Å². The molecular formula is C12H18N2O2S. The molecule has 0 radical (unpaired) electrons. The summed E-state index contributed by atoms with van der Waals surface area (Å²) < 4.78 is 24.7. The molecule has 0 saturated heterocycles. The Kier molecular flexibility index (Phi) is 3.14. The van der Waals surface area contributed by atoms with Crippen molar-refractivity contribution < 1.29 is 8.42 Å². The number of sulfonamides is 1. The first-order chi connectivity index (χ1) is 7.93. The van der Waals surface area contributed by atoms with Gasteiger partial charge in [0.25, 0.3) is 0 Å². The predicted molar refractivity (Wildman–Crippen MR) is 69.8 cm³/mol. The summed E-state index contributed by atoms with van der Waals surface area (Å²) >= 11 is 0. The van der Waals surface area contributed by atoms with E-state index in [0.29, 0.717) is 6.54 Å². The van der Waals surface area contributed by atoms with E-state index in [1.165, 1.54) is 16.1 Å². The van der Waals surface area contributed by atoms with Crippen molar-refractivity contribution in [1.82, 2.24) is 5.32 Å². The van der Waals surface area contributed by atoms with Gasteiger partial charge in [0.2, 0.25) is 10.0 Å². The van der Waals surface area contributed by atoms with Crippen molar-refractivity contribution in [3.05, 3.63) is 29.3 Å². The number of benzene rings is 1. The van der Waals surface area contributed by atoms with Gasteiger partial charge in [-0.3, -0.25) is 4.31 Å². The molecule has 4 nitrogen and oxygen atoms in total. The van der Waals surface area contributed by atoms with Crippen LogP contribution in [-0.4, -0.2) is 28.3 Å². The summed E-state index contributed by atoms with van der Waals surface area (Å²) in [6.07, 6.45) is 2.05. The Morgan fingerprint density at radius 1 is 1.41 bits per heavy atom. The molecule has 2 rings (SSSR count). The summed E-state index contributed by atoms with van der Waals surface area (Å²) in [7, 11) is -1.22. The maximum absolute atomic E-state index is 11.6. The standard InChI is InChI=1S/C12H18N2O2S/c1-9(13-2)10-4-5-12-11(8-10)6-7-14(12)17(3,15)16/h4-5,8-9,13H,6-7H2,1-3H3. The smallest absolute Gasteiger partial charge is 0.232 e. The molecule has 5 heteroatoms. The van der Waals surface area contributed by atoms with Crippen molar-refractivity contribution in [2.24, 2.45) is 0 Å². The Labute approximate surface area is 103 Å². The summed E-state index contributed by atoms with van der Waals surface area (Å²) in [6, 6.07) is 6.28. The van der Waals surface area contributed by atoms with Crippen LogP contribution < -0.4 is 9.62 Å². The Balaban J connectivity index is 2.39. The number of nitrogens with one attached hydrogen (secondary N) is 1. The Hall–Kier alpha value is -1.07. The molecule has 1 unspecified atom stereocenters. The topological polar surface area (TPSA) is 49.4 Å². The lowest BCUT2D eigenvalue weighted by Gasteiger charge is -2.17. The molecule has 1 heterocycles. The van der Waals surface area contributed by atoms with Crippen LogP contribution in [0.3, 0.4) is 0 Å². The van der Waals surface area contributed by atoms with E-state index >= 15 is 0 Å². The highest BCUT2D eigenvalue weighted by atomic mass is 32.2. The Bertz CT molecular complexity index is 525. The van der Waals surface area contributed by atoms with Gasteiger partial charge in [-0.25, -0.2) is 8.42 Å². The van der Waals surface area contributed by atoms with Crippen molar-refractivity contribution in [2.75, 3.05) is 24.2 Å². The van der Waals surface area contributed by atoms with Gasteiger partial charge in [-0.2, -0.15) is 0 Å². The van der Waals surface area contributed by atoms with Crippen molar-refractivity contribution in [1.29, 1.82) is 0 Å². The average Bonchev–Trinajstić information content (AvgIpc) is 2.70. The van der Waals surface area contributed by atoms with E-state index in [4.69, 9.17) is 0 Å². The molecule has 0 spiro atoms. The van der Waals surface area contributed by atoms with Crippen LogP contribution in [0.1, 0.15) is 24.1 Å². The lowest BCUT2D eigenvalue weighted by molar-refractivity contribution is 0.598. The second kappa shape index (κ2) is 4.31. The highest BCUT2D eigenvalue weighted by Crippen LogP contribution is 2.31. The summed E-state index contributed by atoms with van der Waals surface area (Å²) in [4.78, 5) is 0. The summed E-state index contributed by atoms with van der Waals surface area (Å²) in [6.45, 7) is 2.65. The van der Waals surface area contributed by atoms with Crippen LogP contribution in [-0.2, 0) is 16.4 Å². The third-order valence-corrected chi connectivity index (χ3v) is 4.47. The molecule has 0 saturated carbocycles. The number of hydrogen-bond acceptors (Lipinski definition) is 3. The third kappa shape index (κ3) is 2.30. The van der Waals surface area contributed by atoms with Crippen molar-refractivity contribution >= 4 is 15.7 Å². The van der Waals surface area contributed by atoms with Gasteiger partial charge in [-0.15, -0.1) is 0 Å². The molecule has 94 valence electrons. The van der Waals surface area contributed by atoms with E-state index in [1.807, 2.05) is 19.2 Å². The molecule has 1 aromatic carbocycles. The third-order valence-electron chi connectivity index (χ3n) is 3.29. The van der Waals surface area contributed by atoms with Crippen molar-refractivity contribution in [3.8, 4) is 0 Å². The van der Waals surface area contributed by atoms with Crippen LogP contribution in [0.25, 0.3) is 0 Å². The van der Waals surface area contributed by atoms with E-state index in [1.54, 1.807) is 0 Å². The molecule has 0 fully saturated rings. The van der Waals surface area contributed by atoms with E-state index in [0.717, 1.165) is 17.7 Å². The van der Waals surface area contributed by atoms with E-state index in [9.17, 15) is 8.42 Å². The number of nitrogens with zero attached hydrogens (tertiary/aromatic N) is 1. The molecule has 1 N–H and O–H groups in total. The monoisotopic (exact) mass is 254 g/mol. The Morgan fingerprint density at radius 2 is 2.12 bits per heavy atom. The molecule has 17 heavy (non-hydrogen) atoms. The van der Waals surface area contributed by atoms with E-state index in [-0.39, 0.29) is 6.04 Å². The van der Waals surface area contributed by atoms with Crippen LogP contribution in [0.5, 0.6) is 0 Å². The normalized spacial score (nSPS) is 17.0. The van der Waals surface area contributed by atoms with Gasteiger partial charge in [0.15, 0.2) is 0 Å². The predicted octanol–water partition coefficient (Wildman–Crippen LogP) is 1.29. The highest BCUT2D eigenvalue weighted by molar-refractivity contribution is 7.92. The van der Waals surface area contributed by atoms with Gasteiger partial charge in [0.1, 0.15) is 0 Å². The highest BCUT2D eigenvalue weighted by Gasteiger charge is 2.26. The summed E-state index contributed by atoms with van der Waals surface area (Å²) in [5.74, 6) is 0. The van der Waals surface area contributed by atoms with Crippen molar-refractivity contribution in [3.63, 3.8) is 0 Å². The SMILES string of the molecule is CNC(C)c1ccc2c(c1)CCN2S(C)(=O)=O. The lowest BCUT2D eigenvalue weighted by atomic mass is 10.0. The molecule has 0 amide bonds. The zero-order valence-corrected chi connectivity index (χ0v) is 11.2. The lowest BCUT2D eigenvalue weighted by Crippen LogP contribution is -2.27. The summed E-state index contributed by atoms with van der Waals surface area (Å²) in [5.41, 5.74) is 3.15. The maximum atomic E-state index is 11.6. The molecule has 0 aliphatic carbocycles. The number of rotatable bonds is 3. The van der Waals surface area contributed by atoms with Crippen molar-refractivity contribution in [2.45, 2.75) is 19.4 Å². The minimum atomic E-state index is -3.14. The van der Waals surface area contributed by atoms with E-state index in [2.05, 4.69) is 18.3 Å². The number of fused-ring (bicyclic) bond motifs is 1. The second-order valence-electron chi connectivity index (χ2n) is 4.48. The molecular weight excluding hydrogens is 236 g/mol. The first kappa shape index (κ1) is 12.4. The summed E-state index contributed by atoms with van der Waals surface area (Å²) in [5, 5.41) is 3.18. The molecule has 1 aliphatic rings. The van der Waals surface area contributed by atoms with Gasteiger partial charge in [-0.05, 0) is 37.6 Å². The second-order valence-corrected chi connectivity index (χ2v) is 6.39. The number of hydrogen-bond donors (Lipinski definition) is 1. The molecule has 1 aromatic rings. The van der Waals surface area contributed by atoms with Crippen LogP contribution in [0.2, 0.25) is 0 Å². The van der Waals surface area contributed by atoms with Crippen LogP contribution >= 0.6 is 0 Å². The quantitative estimate of drug-likeness (QED) is 0.884. The molecule has 0 bridgehead atoms. The largest absolute Gasteiger partial charge is 0.313 e. The minimum Gasteiger partial charge on any atom is -0.313 e. The first-order valence-corrected chi connectivity index (χ1v) is 7.56. The molecule has 0 aromatic heterocycles. The Morgan fingerprint density at radius 3 is 2.71 bits per heavy atom. The average molecular weight is 254 g/mol. The van der Waals surface area contributed by atoms with Crippen LogP contribution in [0, 0.1) is 0 Å². The van der Waals surface area contributed by atoms with Gasteiger partial charge in [-0.1, -0.05) is 12.1 Å². The fourth-order valence-electron chi connectivity index (χ4n) is 2.17. The van der Waals surface area contributed by atoms with E-state index < -0.39 is 10.0 Å².